The van der Waals surface area contributed by atoms with Crippen molar-refractivity contribution < 1.29 is 13.9 Å². The number of hydrogen-bond acceptors (Lipinski definition) is 3. The van der Waals surface area contributed by atoms with E-state index in [4.69, 9.17) is 9.15 Å². The highest BCUT2D eigenvalue weighted by Gasteiger charge is 1.96. The van der Waals surface area contributed by atoms with E-state index in [0.29, 0.717) is 11.3 Å². The van der Waals surface area contributed by atoms with E-state index in [2.05, 4.69) is 15.9 Å². The molecule has 0 bridgehead atoms. The fourth-order valence-electron chi connectivity index (χ4n) is 0.765. The molecule has 13 heavy (non-hydrogen) atoms. The lowest BCUT2D eigenvalue weighted by molar-refractivity contribution is -0.137. The maximum Gasteiger partial charge on any atom is 0.330 e. The number of rotatable bonds is 3. The van der Waals surface area contributed by atoms with Crippen molar-refractivity contribution in [3.8, 4) is 0 Å². The van der Waals surface area contributed by atoms with Gasteiger partial charge in [-0.05, 0) is 35.0 Å². The largest absolute Gasteiger partial charge is 0.463 e. The van der Waals surface area contributed by atoms with Crippen LogP contribution < -0.4 is 0 Å². The molecular formula is C9H9BrO3. The molecular weight excluding hydrogens is 236 g/mol. The van der Waals surface area contributed by atoms with Crippen LogP contribution in [0.2, 0.25) is 0 Å². The summed E-state index contributed by atoms with van der Waals surface area (Å²) in [6.07, 6.45) is 4.53. The van der Waals surface area contributed by atoms with Crippen LogP contribution in [0, 0.1) is 0 Å². The van der Waals surface area contributed by atoms with Crippen LogP contribution in [0.15, 0.2) is 27.5 Å². The van der Waals surface area contributed by atoms with Crippen molar-refractivity contribution in [2.45, 2.75) is 6.92 Å². The van der Waals surface area contributed by atoms with Gasteiger partial charge >= 0.3 is 5.97 Å². The lowest BCUT2D eigenvalue weighted by Crippen LogP contribution is -1.98. The SMILES string of the molecule is CCOC(=O)C=Cc1coc(Br)c1. The van der Waals surface area contributed by atoms with Gasteiger partial charge < -0.3 is 9.15 Å². The standard InChI is InChI=1S/C9H9BrO3/c1-2-12-9(11)4-3-7-5-8(10)13-6-7/h3-6H,2H2,1H3. The van der Waals surface area contributed by atoms with Gasteiger partial charge in [0.05, 0.1) is 12.9 Å². The van der Waals surface area contributed by atoms with Crippen LogP contribution in [0.1, 0.15) is 12.5 Å². The fourth-order valence-corrected chi connectivity index (χ4v) is 1.12. The molecule has 0 aromatic carbocycles. The van der Waals surface area contributed by atoms with E-state index >= 15 is 0 Å². The Balaban J connectivity index is 2.53. The lowest BCUT2D eigenvalue weighted by Gasteiger charge is -1.92. The Morgan fingerprint density at radius 3 is 3.08 bits per heavy atom. The quantitative estimate of drug-likeness (QED) is 0.607. The van der Waals surface area contributed by atoms with Crippen molar-refractivity contribution in [2.75, 3.05) is 6.61 Å². The molecule has 3 nitrogen and oxygen atoms in total. The average molecular weight is 245 g/mol. The number of carbonyl (C=O) groups excluding carboxylic acids is 1. The summed E-state index contributed by atoms with van der Waals surface area (Å²) in [6, 6.07) is 1.76. The van der Waals surface area contributed by atoms with E-state index < -0.39 is 0 Å². The minimum atomic E-state index is -0.347. The van der Waals surface area contributed by atoms with Crippen LogP contribution in [0.25, 0.3) is 6.08 Å². The van der Waals surface area contributed by atoms with E-state index in [1.54, 1.807) is 25.3 Å². The molecule has 0 aliphatic rings. The number of halogens is 1. The molecule has 0 radical (unpaired) electrons. The molecule has 0 aliphatic carbocycles. The van der Waals surface area contributed by atoms with Crippen molar-refractivity contribution in [3.05, 3.63) is 28.6 Å². The summed E-state index contributed by atoms with van der Waals surface area (Å²) < 4.78 is 10.3. The van der Waals surface area contributed by atoms with Gasteiger partial charge in [-0.25, -0.2) is 4.79 Å². The van der Waals surface area contributed by atoms with Gasteiger partial charge in [-0.1, -0.05) is 0 Å². The normalized spacial score (nSPS) is 10.6. The topological polar surface area (TPSA) is 39.4 Å². The molecule has 70 valence electrons. The highest BCUT2D eigenvalue weighted by atomic mass is 79.9. The number of ether oxygens (including phenoxy) is 1. The van der Waals surface area contributed by atoms with Gasteiger partial charge in [0.2, 0.25) is 0 Å². The van der Waals surface area contributed by atoms with Gasteiger partial charge in [0.25, 0.3) is 0 Å². The third kappa shape index (κ3) is 3.46. The number of carbonyl (C=O) groups is 1. The van der Waals surface area contributed by atoms with E-state index in [0.717, 1.165) is 5.56 Å². The third-order valence-corrected chi connectivity index (χ3v) is 1.70. The van der Waals surface area contributed by atoms with E-state index in [-0.39, 0.29) is 5.97 Å². The van der Waals surface area contributed by atoms with Crippen LogP contribution in [-0.4, -0.2) is 12.6 Å². The van der Waals surface area contributed by atoms with Gasteiger partial charge in [0.15, 0.2) is 4.67 Å². The number of furan rings is 1. The molecule has 0 spiro atoms. The Morgan fingerprint density at radius 2 is 2.54 bits per heavy atom. The van der Waals surface area contributed by atoms with E-state index in [1.807, 2.05) is 0 Å². The van der Waals surface area contributed by atoms with Crippen LogP contribution >= 0.6 is 15.9 Å². The van der Waals surface area contributed by atoms with Crippen molar-refractivity contribution in [1.29, 1.82) is 0 Å². The van der Waals surface area contributed by atoms with E-state index in [1.165, 1.54) is 6.08 Å². The van der Waals surface area contributed by atoms with Crippen molar-refractivity contribution >= 4 is 28.0 Å². The maximum atomic E-state index is 10.9. The van der Waals surface area contributed by atoms with Gasteiger partial charge in [0.1, 0.15) is 0 Å². The summed E-state index contributed by atoms with van der Waals surface area (Å²) in [5.74, 6) is -0.347. The summed E-state index contributed by atoms with van der Waals surface area (Å²) in [5, 5.41) is 0. The number of esters is 1. The first-order valence-electron chi connectivity index (χ1n) is 3.81. The van der Waals surface area contributed by atoms with E-state index in [9.17, 15) is 4.79 Å². The minimum Gasteiger partial charge on any atom is -0.463 e. The molecule has 1 aromatic rings. The van der Waals surface area contributed by atoms with Crippen LogP contribution in [-0.2, 0) is 9.53 Å². The molecule has 0 amide bonds. The molecule has 0 unspecified atom stereocenters. The maximum absolute atomic E-state index is 10.9. The Kier molecular flexibility index (Phi) is 3.76. The predicted molar refractivity (Wildman–Crippen MR) is 52.1 cm³/mol. The Morgan fingerprint density at radius 1 is 1.77 bits per heavy atom. The van der Waals surface area contributed by atoms with Gasteiger partial charge in [-0.2, -0.15) is 0 Å². The summed E-state index contributed by atoms with van der Waals surface area (Å²) in [6.45, 7) is 2.15. The molecule has 0 saturated carbocycles. The highest BCUT2D eigenvalue weighted by Crippen LogP contribution is 2.14. The Hall–Kier alpha value is -1.03. The van der Waals surface area contributed by atoms with Crippen molar-refractivity contribution in [3.63, 3.8) is 0 Å². The number of hydrogen-bond donors (Lipinski definition) is 0. The Labute approximate surface area is 84.5 Å². The molecule has 1 rings (SSSR count). The molecule has 0 N–H and O–H groups in total. The molecule has 0 aliphatic heterocycles. The summed E-state index contributed by atoms with van der Waals surface area (Å²) >= 11 is 3.15. The minimum absolute atomic E-state index is 0.347. The fraction of sp³-hybridized carbons (Fsp3) is 0.222. The van der Waals surface area contributed by atoms with Gasteiger partial charge in [-0.15, -0.1) is 0 Å². The predicted octanol–water partition coefficient (Wildman–Crippen LogP) is 2.62. The zero-order valence-corrected chi connectivity index (χ0v) is 8.71. The van der Waals surface area contributed by atoms with Gasteiger partial charge in [-0.3, -0.25) is 0 Å². The molecule has 0 saturated heterocycles. The highest BCUT2D eigenvalue weighted by molar-refractivity contribution is 9.10. The lowest BCUT2D eigenvalue weighted by atomic mass is 10.3. The summed E-state index contributed by atoms with van der Waals surface area (Å²) in [7, 11) is 0. The van der Waals surface area contributed by atoms with Crippen molar-refractivity contribution in [2.24, 2.45) is 0 Å². The monoisotopic (exact) mass is 244 g/mol. The van der Waals surface area contributed by atoms with Crippen molar-refractivity contribution in [1.82, 2.24) is 0 Å². The first kappa shape index (κ1) is 10.1. The summed E-state index contributed by atoms with van der Waals surface area (Å²) in [5.41, 5.74) is 0.819. The zero-order chi connectivity index (χ0) is 9.68. The van der Waals surface area contributed by atoms with Crippen LogP contribution in [0.5, 0.6) is 0 Å². The van der Waals surface area contributed by atoms with Gasteiger partial charge in [0, 0.05) is 11.6 Å². The average Bonchev–Trinajstić information content (AvgIpc) is 2.49. The zero-order valence-electron chi connectivity index (χ0n) is 7.12. The van der Waals surface area contributed by atoms with Crippen LogP contribution in [0.3, 0.4) is 0 Å². The second-order valence-electron chi connectivity index (χ2n) is 2.27. The van der Waals surface area contributed by atoms with Crippen LogP contribution in [0.4, 0.5) is 0 Å². The molecule has 0 fully saturated rings. The molecule has 0 atom stereocenters. The molecule has 1 aromatic heterocycles. The third-order valence-electron chi connectivity index (χ3n) is 1.29. The second kappa shape index (κ2) is 4.87. The first-order valence-corrected chi connectivity index (χ1v) is 4.60. The molecule has 4 heteroatoms. The summed E-state index contributed by atoms with van der Waals surface area (Å²) in [4.78, 5) is 10.9. The smallest absolute Gasteiger partial charge is 0.330 e. The Bertz CT molecular complexity index is 314. The molecule has 1 heterocycles. The first-order chi connectivity index (χ1) is 6.22. The second-order valence-corrected chi connectivity index (χ2v) is 3.05.